The molecule has 1 aromatic heterocycles. The van der Waals surface area contributed by atoms with E-state index >= 15 is 0 Å². The number of hydrogen-bond donors (Lipinski definition) is 2. The standard InChI is InChI=1S/C21H28N4O5/c26-17-12-15(13-24(17)14-16-6-4-11-30-16)18(27)22-9-5-10-25-19(28)21(23-20(25)29)7-2-1-3-8-21/h4,6,11,15H,1-3,5,7-10,12-14H2,(H,22,27)(H,23,29)/t15-/m1/s1. The lowest BCUT2D eigenvalue weighted by Gasteiger charge is -2.30. The number of nitrogens with one attached hydrogen (secondary N) is 2. The Labute approximate surface area is 175 Å². The van der Waals surface area contributed by atoms with Crippen molar-refractivity contribution in [1.82, 2.24) is 20.4 Å². The zero-order valence-corrected chi connectivity index (χ0v) is 17.0. The predicted octanol–water partition coefficient (Wildman–Crippen LogP) is 1.39. The van der Waals surface area contributed by atoms with Crippen molar-refractivity contribution in [3.05, 3.63) is 24.2 Å². The molecule has 2 N–H and O–H groups in total. The normalized spacial score (nSPS) is 23.3. The van der Waals surface area contributed by atoms with Gasteiger partial charge < -0.3 is 20.0 Å². The van der Waals surface area contributed by atoms with E-state index in [0.29, 0.717) is 44.7 Å². The van der Waals surface area contributed by atoms with Crippen molar-refractivity contribution in [3.63, 3.8) is 0 Å². The van der Waals surface area contributed by atoms with Gasteiger partial charge in [-0.1, -0.05) is 19.3 Å². The number of furan rings is 1. The molecule has 1 saturated carbocycles. The van der Waals surface area contributed by atoms with Gasteiger partial charge in [0.1, 0.15) is 11.3 Å². The molecule has 5 amide bonds. The van der Waals surface area contributed by atoms with Crippen molar-refractivity contribution in [2.75, 3.05) is 19.6 Å². The molecule has 0 bridgehead atoms. The molecule has 0 unspecified atom stereocenters. The van der Waals surface area contributed by atoms with E-state index in [4.69, 9.17) is 4.42 Å². The monoisotopic (exact) mass is 416 g/mol. The van der Waals surface area contributed by atoms with E-state index in [2.05, 4.69) is 10.6 Å². The average molecular weight is 416 g/mol. The van der Waals surface area contributed by atoms with E-state index in [1.807, 2.05) is 0 Å². The zero-order chi connectivity index (χ0) is 21.1. The van der Waals surface area contributed by atoms with Crippen LogP contribution in [0.2, 0.25) is 0 Å². The molecular formula is C21H28N4O5. The minimum atomic E-state index is -0.708. The van der Waals surface area contributed by atoms with Crippen LogP contribution in [0.15, 0.2) is 22.8 Å². The Balaban J connectivity index is 1.20. The van der Waals surface area contributed by atoms with Gasteiger partial charge in [-0.2, -0.15) is 0 Å². The number of likely N-dealkylation sites (tertiary alicyclic amines) is 1. The Bertz CT molecular complexity index is 815. The quantitative estimate of drug-likeness (QED) is 0.515. The maximum absolute atomic E-state index is 12.7. The molecule has 162 valence electrons. The van der Waals surface area contributed by atoms with Gasteiger partial charge in [0.15, 0.2) is 0 Å². The van der Waals surface area contributed by atoms with Crippen molar-refractivity contribution >= 4 is 23.8 Å². The molecule has 2 aliphatic heterocycles. The highest BCUT2D eigenvalue weighted by Gasteiger charge is 2.50. The van der Waals surface area contributed by atoms with Gasteiger partial charge >= 0.3 is 6.03 Å². The van der Waals surface area contributed by atoms with E-state index < -0.39 is 11.5 Å². The second kappa shape index (κ2) is 8.49. The second-order valence-electron chi connectivity index (χ2n) is 8.43. The van der Waals surface area contributed by atoms with Gasteiger partial charge in [0, 0.05) is 26.1 Å². The molecule has 30 heavy (non-hydrogen) atoms. The highest BCUT2D eigenvalue weighted by Crippen LogP contribution is 2.33. The summed E-state index contributed by atoms with van der Waals surface area (Å²) >= 11 is 0. The zero-order valence-electron chi connectivity index (χ0n) is 17.0. The molecule has 4 rings (SSSR count). The maximum Gasteiger partial charge on any atom is 0.325 e. The van der Waals surface area contributed by atoms with Crippen LogP contribution in [0.1, 0.15) is 50.7 Å². The van der Waals surface area contributed by atoms with Crippen molar-refractivity contribution < 1.29 is 23.6 Å². The molecule has 9 nitrogen and oxygen atoms in total. The summed E-state index contributed by atoms with van der Waals surface area (Å²) in [5.41, 5.74) is -0.708. The van der Waals surface area contributed by atoms with Gasteiger partial charge in [-0.15, -0.1) is 0 Å². The van der Waals surface area contributed by atoms with Crippen molar-refractivity contribution in [1.29, 1.82) is 0 Å². The first-order chi connectivity index (χ1) is 14.5. The molecular weight excluding hydrogens is 388 g/mol. The Morgan fingerprint density at radius 2 is 2.03 bits per heavy atom. The van der Waals surface area contributed by atoms with Gasteiger partial charge in [-0.25, -0.2) is 4.79 Å². The van der Waals surface area contributed by atoms with Gasteiger partial charge in [0.2, 0.25) is 11.8 Å². The Morgan fingerprint density at radius 1 is 1.23 bits per heavy atom. The first-order valence-electron chi connectivity index (χ1n) is 10.7. The summed E-state index contributed by atoms with van der Waals surface area (Å²) in [7, 11) is 0. The fraction of sp³-hybridized carbons (Fsp3) is 0.619. The van der Waals surface area contributed by atoms with E-state index in [1.54, 1.807) is 23.3 Å². The second-order valence-corrected chi connectivity index (χ2v) is 8.43. The highest BCUT2D eigenvalue weighted by molar-refractivity contribution is 6.07. The third-order valence-electron chi connectivity index (χ3n) is 6.32. The van der Waals surface area contributed by atoms with E-state index in [9.17, 15) is 19.2 Å². The van der Waals surface area contributed by atoms with Crippen LogP contribution in [0, 0.1) is 5.92 Å². The predicted molar refractivity (Wildman–Crippen MR) is 106 cm³/mol. The maximum atomic E-state index is 12.7. The molecule has 0 aromatic carbocycles. The summed E-state index contributed by atoms with van der Waals surface area (Å²) in [6.07, 6.45) is 6.63. The minimum Gasteiger partial charge on any atom is -0.467 e. The topological polar surface area (TPSA) is 112 Å². The smallest absolute Gasteiger partial charge is 0.325 e. The van der Waals surface area contributed by atoms with Crippen molar-refractivity contribution in [2.24, 2.45) is 5.92 Å². The Hall–Kier alpha value is -2.84. The number of hydrogen-bond acceptors (Lipinski definition) is 5. The molecule has 9 heteroatoms. The summed E-state index contributed by atoms with van der Waals surface area (Å²) in [5.74, 6) is -0.0771. The first kappa shape index (κ1) is 20.4. The number of imide groups is 1. The molecule has 2 saturated heterocycles. The van der Waals surface area contributed by atoms with E-state index in [1.165, 1.54) is 4.90 Å². The van der Waals surface area contributed by atoms with Crippen LogP contribution in [0.5, 0.6) is 0 Å². The largest absolute Gasteiger partial charge is 0.467 e. The van der Waals surface area contributed by atoms with Crippen molar-refractivity contribution in [3.8, 4) is 0 Å². The third kappa shape index (κ3) is 4.06. The Morgan fingerprint density at radius 3 is 2.77 bits per heavy atom. The van der Waals surface area contributed by atoms with Crippen LogP contribution in [0.25, 0.3) is 0 Å². The van der Waals surface area contributed by atoms with Crippen LogP contribution in [0.4, 0.5) is 4.79 Å². The van der Waals surface area contributed by atoms with Gasteiger partial charge in [-0.05, 0) is 31.4 Å². The summed E-state index contributed by atoms with van der Waals surface area (Å²) in [6.45, 7) is 1.36. The summed E-state index contributed by atoms with van der Waals surface area (Å²) in [4.78, 5) is 52.5. The number of urea groups is 1. The molecule has 3 aliphatic rings. The number of carbonyl (C=O) groups excluding carboxylic acids is 4. The fourth-order valence-electron chi connectivity index (χ4n) is 4.66. The van der Waals surface area contributed by atoms with Crippen LogP contribution < -0.4 is 10.6 Å². The molecule has 1 spiro atoms. The molecule has 3 heterocycles. The van der Waals surface area contributed by atoms with Gasteiger partial charge in [0.05, 0.1) is 18.7 Å². The summed E-state index contributed by atoms with van der Waals surface area (Å²) in [5, 5.41) is 5.73. The van der Waals surface area contributed by atoms with Crippen LogP contribution in [-0.2, 0) is 20.9 Å². The van der Waals surface area contributed by atoms with Crippen LogP contribution >= 0.6 is 0 Å². The van der Waals surface area contributed by atoms with Crippen molar-refractivity contribution in [2.45, 2.75) is 57.0 Å². The molecule has 3 fully saturated rings. The molecule has 1 aliphatic carbocycles. The van der Waals surface area contributed by atoms with Gasteiger partial charge in [0.25, 0.3) is 5.91 Å². The molecule has 1 aromatic rings. The van der Waals surface area contributed by atoms with E-state index in [-0.39, 0.29) is 36.7 Å². The number of nitrogens with zero attached hydrogens (tertiary/aromatic N) is 2. The average Bonchev–Trinajstić information content (AvgIpc) is 3.42. The van der Waals surface area contributed by atoms with Crippen LogP contribution in [-0.4, -0.2) is 58.7 Å². The minimum absolute atomic E-state index is 0.0661. The number of carbonyl (C=O) groups is 4. The first-order valence-corrected chi connectivity index (χ1v) is 10.7. The van der Waals surface area contributed by atoms with Gasteiger partial charge in [-0.3, -0.25) is 19.3 Å². The lowest BCUT2D eigenvalue weighted by molar-refractivity contribution is -0.132. The Kier molecular flexibility index (Phi) is 5.78. The lowest BCUT2D eigenvalue weighted by atomic mass is 9.82. The number of rotatable bonds is 7. The summed E-state index contributed by atoms with van der Waals surface area (Å²) < 4.78 is 5.27. The summed E-state index contributed by atoms with van der Waals surface area (Å²) in [6, 6.07) is 3.23. The fourth-order valence-corrected chi connectivity index (χ4v) is 4.66. The lowest BCUT2D eigenvalue weighted by Crippen LogP contribution is -2.48. The number of amides is 5. The highest BCUT2D eigenvalue weighted by atomic mass is 16.3. The van der Waals surface area contributed by atoms with E-state index in [0.717, 1.165) is 19.3 Å². The third-order valence-corrected chi connectivity index (χ3v) is 6.32. The SMILES string of the molecule is O=C(NCCCN1C(=O)NC2(CCCCC2)C1=O)[C@@H]1CC(=O)N(Cc2ccco2)C1. The molecule has 0 radical (unpaired) electrons. The van der Waals surface area contributed by atoms with Crippen LogP contribution in [0.3, 0.4) is 0 Å². The molecule has 1 atom stereocenters.